The smallest absolute Gasteiger partial charge is 0.255 e. The van der Waals surface area contributed by atoms with Crippen molar-refractivity contribution in [3.63, 3.8) is 0 Å². The quantitative estimate of drug-likeness (QED) is 0.351. The second-order valence-electron chi connectivity index (χ2n) is 10.5. The molecule has 7 N–H and O–H groups in total. The minimum Gasteiger partial charge on any atom is -0.511 e. The number of nitrogens with two attached hydrogens (primary N) is 1. The Morgan fingerprint density at radius 3 is 2.40 bits per heavy atom. The number of benzene rings is 1. The molecule has 0 spiro atoms. The fourth-order valence-corrected chi connectivity index (χ4v) is 6.30. The molecule has 0 bridgehead atoms. The molecule has 0 fully saturated rings. The summed E-state index contributed by atoms with van der Waals surface area (Å²) in [4.78, 5) is 38.6. The van der Waals surface area contributed by atoms with Crippen LogP contribution in [-0.4, -0.2) is 54.7 Å². The van der Waals surface area contributed by atoms with E-state index in [9.17, 15) is 39.9 Å². The van der Waals surface area contributed by atoms with Crippen LogP contribution in [0.4, 0.5) is 0 Å². The Morgan fingerprint density at radius 2 is 1.83 bits per heavy atom. The van der Waals surface area contributed by atoms with Gasteiger partial charge in [0.05, 0.1) is 11.7 Å². The van der Waals surface area contributed by atoms with Gasteiger partial charge in [-0.05, 0) is 23.3 Å². The summed E-state index contributed by atoms with van der Waals surface area (Å²) in [7, 11) is 0. The molecule has 4 rings (SSSR count). The molecular weight excluding hydrogens is 454 g/mol. The van der Waals surface area contributed by atoms with Crippen LogP contribution in [0.2, 0.25) is 0 Å². The molecule has 0 heterocycles. The molecule has 0 saturated heterocycles. The van der Waals surface area contributed by atoms with Gasteiger partial charge in [0.25, 0.3) is 5.91 Å². The van der Waals surface area contributed by atoms with Crippen molar-refractivity contribution in [2.75, 3.05) is 0 Å². The van der Waals surface area contributed by atoms with Crippen molar-refractivity contribution < 1.29 is 39.9 Å². The Morgan fingerprint density at radius 1 is 1.20 bits per heavy atom. The molecule has 3 aliphatic carbocycles. The van der Waals surface area contributed by atoms with E-state index in [1.165, 1.54) is 0 Å². The number of aromatic hydroxyl groups is 1. The first-order valence-electron chi connectivity index (χ1n) is 11.7. The summed E-state index contributed by atoms with van der Waals surface area (Å²) in [6, 6.07) is 3.48. The summed E-state index contributed by atoms with van der Waals surface area (Å²) in [6.07, 6.45) is -0.455. The highest BCUT2D eigenvalue weighted by atomic mass is 16.4. The van der Waals surface area contributed by atoms with Crippen LogP contribution in [0.5, 0.6) is 5.75 Å². The highest BCUT2D eigenvalue weighted by Crippen LogP contribution is 2.55. The van der Waals surface area contributed by atoms with Gasteiger partial charge in [0.1, 0.15) is 22.8 Å². The standard InChI is InChI=1S/C26H31NO8/c1-5-8-25(3,4)12-7-6-11-10(2)15-18(21(31)16(11)19(12)29)23(33)26(35)13(20(15)30)9-14(28)17(22(26)32)24(27)34/h6-7,10,13,15,20,28-30,33,35H,5,8-9H2,1-4H3,(H2,27,34)/t10-,13+,15+,20+,26+/m0/s1. The molecule has 1 amide bonds. The summed E-state index contributed by atoms with van der Waals surface area (Å²) in [5.41, 5.74) is 1.60. The van der Waals surface area contributed by atoms with Crippen LogP contribution in [0.3, 0.4) is 0 Å². The van der Waals surface area contributed by atoms with Gasteiger partial charge in [-0.25, -0.2) is 0 Å². The number of rotatable bonds is 4. The minimum absolute atomic E-state index is 0.0528. The molecule has 35 heavy (non-hydrogen) atoms. The molecule has 0 saturated carbocycles. The number of phenolic OH excluding ortho intramolecular Hbond substituents is 1. The maximum Gasteiger partial charge on any atom is 0.255 e. The van der Waals surface area contributed by atoms with Crippen LogP contribution in [0.1, 0.15) is 74.4 Å². The van der Waals surface area contributed by atoms with Crippen molar-refractivity contribution in [2.24, 2.45) is 17.6 Å². The van der Waals surface area contributed by atoms with Crippen LogP contribution < -0.4 is 5.73 Å². The lowest BCUT2D eigenvalue weighted by atomic mass is 9.56. The van der Waals surface area contributed by atoms with Crippen molar-refractivity contribution in [1.29, 1.82) is 0 Å². The SMILES string of the molecule is CCCC(C)(C)c1ccc2c(c1O)C(=O)C1=C(O)[C@]3(O)C(=O)C(C(N)=O)=C(O)C[C@@H]3[C@@H](O)[C@@H]1[C@H]2C. The van der Waals surface area contributed by atoms with Gasteiger partial charge < -0.3 is 31.3 Å². The van der Waals surface area contributed by atoms with E-state index in [1.807, 2.05) is 20.8 Å². The molecule has 0 aliphatic heterocycles. The normalized spacial score (nSPS) is 30.7. The number of aliphatic hydroxyl groups excluding tert-OH is 3. The van der Waals surface area contributed by atoms with Crippen molar-refractivity contribution in [3.8, 4) is 5.75 Å². The molecule has 5 atom stereocenters. The highest BCUT2D eigenvalue weighted by molar-refractivity contribution is 6.24. The van der Waals surface area contributed by atoms with E-state index in [0.717, 1.165) is 12.8 Å². The third kappa shape index (κ3) is 3.18. The lowest BCUT2D eigenvalue weighted by Gasteiger charge is -2.50. The molecule has 9 heteroatoms. The number of carbonyl (C=O) groups excluding carboxylic acids is 3. The summed E-state index contributed by atoms with van der Waals surface area (Å²) in [5, 5.41) is 55.3. The molecule has 9 nitrogen and oxygen atoms in total. The first kappa shape index (κ1) is 24.9. The molecular formula is C26H31NO8. The van der Waals surface area contributed by atoms with Gasteiger partial charge in [0, 0.05) is 29.4 Å². The fourth-order valence-electron chi connectivity index (χ4n) is 6.30. The number of phenols is 1. The summed E-state index contributed by atoms with van der Waals surface area (Å²) in [6.45, 7) is 7.60. The second-order valence-corrected chi connectivity index (χ2v) is 10.5. The number of ketones is 2. The Bertz CT molecular complexity index is 1230. The van der Waals surface area contributed by atoms with E-state index in [0.29, 0.717) is 11.1 Å². The third-order valence-corrected chi connectivity index (χ3v) is 8.10. The van der Waals surface area contributed by atoms with Gasteiger partial charge in [-0.15, -0.1) is 0 Å². The van der Waals surface area contributed by atoms with Gasteiger partial charge in [0.15, 0.2) is 11.4 Å². The number of allylic oxidation sites excluding steroid dienone is 1. The largest absolute Gasteiger partial charge is 0.511 e. The maximum absolute atomic E-state index is 13.7. The van der Waals surface area contributed by atoms with Crippen LogP contribution in [0, 0.1) is 11.8 Å². The third-order valence-electron chi connectivity index (χ3n) is 8.10. The van der Waals surface area contributed by atoms with Crippen molar-refractivity contribution in [2.45, 2.75) is 70.0 Å². The first-order chi connectivity index (χ1) is 16.2. The number of aliphatic hydroxyl groups is 4. The number of hydrogen-bond donors (Lipinski definition) is 6. The zero-order valence-corrected chi connectivity index (χ0v) is 20.1. The number of carbonyl (C=O) groups is 3. The Kier molecular flexibility index (Phi) is 5.65. The predicted molar refractivity (Wildman–Crippen MR) is 125 cm³/mol. The Labute approximate surface area is 202 Å². The van der Waals surface area contributed by atoms with E-state index in [4.69, 9.17) is 5.73 Å². The van der Waals surface area contributed by atoms with E-state index in [1.54, 1.807) is 19.1 Å². The van der Waals surface area contributed by atoms with E-state index < -0.39 is 81.4 Å². The van der Waals surface area contributed by atoms with Gasteiger partial charge >= 0.3 is 0 Å². The molecule has 0 radical (unpaired) electrons. The first-order valence-corrected chi connectivity index (χ1v) is 11.7. The monoisotopic (exact) mass is 485 g/mol. The van der Waals surface area contributed by atoms with Gasteiger partial charge in [-0.1, -0.05) is 46.2 Å². The summed E-state index contributed by atoms with van der Waals surface area (Å²) >= 11 is 0. The summed E-state index contributed by atoms with van der Waals surface area (Å²) in [5.74, 6) is -8.46. The van der Waals surface area contributed by atoms with Crippen LogP contribution in [0.25, 0.3) is 0 Å². The van der Waals surface area contributed by atoms with Gasteiger partial charge in [0.2, 0.25) is 5.78 Å². The van der Waals surface area contributed by atoms with Gasteiger partial charge in [-0.3, -0.25) is 14.4 Å². The number of primary amides is 1. The maximum atomic E-state index is 13.7. The average Bonchev–Trinajstić information content (AvgIpc) is 2.76. The van der Waals surface area contributed by atoms with E-state index in [2.05, 4.69) is 0 Å². The van der Waals surface area contributed by atoms with Crippen molar-refractivity contribution in [1.82, 2.24) is 0 Å². The Hall–Kier alpha value is -3.17. The summed E-state index contributed by atoms with van der Waals surface area (Å²) < 4.78 is 0. The minimum atomic E-state index is -2.83. The zero-order valence-electron chi connectivity index (χ0n) is 20.1. The second kappa shape index (κ2) is 7.93. The zero-order chi connectivity index (χ0) is 26.2. The van der Waals surface area contributed by atoms with Crippen LogP contribution in [-0.2, 0) is 15.0 Å². The van der Waals surface area contributed by atoms with Crippen LogP contribution in [0.15, 0.2) is 34.8 Å². The van der Waals surface area contributed by atoms with Crippen molar-refractivity contribution >= 4 is 17.5 Å². The molecule has 1 aromatic rings. The number of Topliss-reactive ketones (excluding diaryl/α,β-unsaturated/α-hetero) is 2. The highest BCUT2D eigenvalue weighted by Gasteiger charge is 2.64. The lowest BCUT2D eigenvalue weighted by Crippen LogP contribution is -2.62. The van der Waals surface area contributed by atoms with Crippen LogP contribution >= 0.6 is 0 Å². The topological polar surface area (TPSA) is 178 Å². The van der Waals surface area contributed by atoms with Gasteiger partial charge in [-0.2, -0.15) is 0 Å². The molecule has 1 aromatic carbocycles. The lowest BCUT2D eigenvalue weighted by molar-refractivity contribution is -0.154. The molecule has 0 unspecified atom stereocenters. The number of amides is 1. The number of fused-ring (bicyclic) bond motifs is 3. The Balaban J connectivity index is 1.96. The predicted octanol–water partition coefficient (Wildman–Crippen LogP) is 2.19. The average molecular weight is 486 g/mol. The number of hydrogen-bond acceptors (Lipinski definition) is 8. The molecule has 188 valence electrons. The van der Waals surface area contributed by atoms with Crippen molar-refractivity contribution in [3.05, 3.63) is 51.5 Å². The molecule has 0 aromatic heterocycles. The fraction of sp³-hybridized carbons (Fsp3) is 0.500. The molecule has 3 aliphatic rings. The van der Waals surface area contributed by atoms with E-state index >= 15 is 0 Å². The van der Waals surface area contributed by atoms with E-state index in [-0.39, 0.29) is 11.3 Å².